The molecule has 0 saturated heterocycles. The van der Waals surface area contributed by atoms with Crippen LogP contribution in [-0.4, -0.2) is 17.8 Å². The van der Waals surface area contributed by atoms with Gasteiger partial charge in [-0.1, -0.05) is 40.0 Å². The third kappa shape index (κ3) is 2.34. The molecule has 0 spiro atoms. The van der Waals surface area contributed by atoms with Gasteiger partial charge in [0.15, 0.2) is 0 Å². The Hall–Kier alpha value is -0.0800. The van der Waals surface area contributed by atoms with Crippen molar-refractivity contribution in [2.75, 3.05) is 6.54 Å². The number of nitrogens with two attached hydrogens (primary N) is 1. The van der Waals surface area contributed by atoms with Gasteiger partial charge in [0.1, 0.15) is 0 Å². The standard InChI is InChI=1S/C16H31NO/c1-12-6-4-7-13(10-12)16(11-17)9-5-8-15(2,3)14(16)18/h12-14,18H,4-11,17H2,1-3H3. The monoisotopic (exact) mass is 253 g/mol. The van der Waals surface area contributed by atoms with E-state index in [2.05, 4.69) is 20.8 Å². The topological polar surface area (TPSA) is 46.2 Å². The molecule has 106 valence electrons. The normalized spacial score (nSPS) is 44.8. The van der Waals surface area contributed by atoms with Crippen LogP contribution in [0.5, 0.6) is 0 Å². The molecule has 2 heteroatoms. The summed E-state index contributed by atoms with van der Waals surface area (Å²) >= 11 is 0. The first-order valence-electron chi connectivity index (χ1n) is 7.80. The highest BCUT2D eigenvalue weighted by Gasteiger charge is 2.52. The van der Waals surface area contributed by atoms with Crippen LogP contribution in [0.2, 0.25) is 0 Å². The lowest BCUT2D eigenvalue weighted by molar-refractivity contribution is -0.126. The molecule has 0 aliphatic heterocycles. The van der Waals surface area contributed by atoms with Crippen LogP contribution in [0.15, 0.2) is 0 Å². The molecule has 3 N–H and O–H groups in total. The Balaban J connectivity index is 2.23. The van der Waals surface area contributed by atoms with Crippen LogP contribution >= 0.6 is 0 Å². The van der Waals surface area contributed by atoms with Crippen LogP contribution in [0, 0.1) is 22.7 Å². The summed E-state index contributed by atoms with van der Waals surface area (Å²) in [6, 6.07) is 0. The Kier molecular flexibility index (Phi) is 4.08. The van der Waals surface area contributed by atoms with Crippen LogP contribution in [0.4, 0.5) is 0 Å². The minimum Gasteiger partial charge on any atom is -0.392 e. The average Bonchev–Trinajstić information content (AvgIpc) is 2.33. The molecule has 0 aromatic rings. The average molecular weight is 253 g/mol. The van der Waals surface area contributed by atoms with Gasteiger partial charge in [-0.25, -0.2) is 0 Å². The number of aliphatic hydroxyl groups is 1. The molecule has 0 aromatic carbocycles. The molecular formula is C16H31NO. The Bertz CT molecular complexity index is 289. The number of hydrogen-bond donors (Lipinski definition) is 2. The van der Waals surface area contributed by atoms with Crippen molar-refractivity contribution in [3.05, 3.63) is 0 Å². The van der Waals surface area contributed by atoms with Crippen LogP contribution in [0.25, 0.3) is 0 Å². The van der Waals surface area contributed by atoms with E-state index in [-0.39, 0.29) is 16.9 Å². The van der Waals surface area contributed by atoms with Crippen molar-refractivity contribution in [1.29, 1.82) is 0 Å². The first-order valence-corrected chi connectivity index (χ1v) is 7.80. The lowest BCUT2D eigenvalue weighted by atomic mass is 9.53. The van der Waals surface area contributed by atoms with Gasteiger partial charge >= 0.3 is 0 Å². The quantitative estimate of drug-likeness (QED) is 0.793. The molecule has 2 aliphatic carbocycles. The van der Waals surface area contributed by atoms with E-state index in [1.54, 1.807) is 0 Å². The second-order valence-corrected chi connectivity index (χ2v) is 7.65. The molecule has 4 atom stereocenters. The summed E-state index contributed by atoms with van der Waals surface area (Å²) in [7, 11) is 0. The molecule has 0 amide bonds. The van der Waals surface area contributed by atoms with Gasteiger partial charge in [-0.15, -0.1) is 0 Å². The predicted molar refractivity (Wildman–Crippen MR) is 76.2 cm³/mol. The Labute approximate surface area is 112 Å². The lowest BCUT2D eigenvalue weighted by Gasteiger charge is -2.54. The third-order valence-corrected chi connectivity index (χ3v) is 5.88. The SMILES string of the molecule is CC1CCCC(C2(CN)CCCC(C)(C)C2O)C1. The highest BCUT2D eigenvalue weighted by atomic mass is 16.3. The van der Waals surface area contributed by atoms with Crippen LogP contribution < -0.4 is 5.73 Å². The highest BCUT2D eigenvalue weighted by Crippen LogP contribution is 2.53. The maximum Gasteiger partial charge on any atom is 0.0662 e. The summed E-state index contributed by atoms with van der Waals surface area (Å²) in [5.74, 6) is 1.45. The van der Waals surface area contributed by atoms with E-state index in [1.165, 1.54) is 32.1 Å². The first kappa shape index (κ1) is 14.3. The van der Waals surface area contributed by atoms with Crippen molar-refractivity contribution in [2.24, 2.45) is 28.4 Å². The van der Waals surface area contributed by atoms with Crippen molar-refractivity contribution in [3.63, 3.8) is 0 Å². The van der Waals surface area contributed by atoms with Gasteiger partial charge in [0.05, 0.1) is 6.10 Å². The Morgan fingerprint density at radius 2 is 1.89 bits per heavy atom. The molecule has 18 heavy (non-hydrogen) atoms. The fraction of sp³-hybridized carbons (Fsp3) is 1.00. The zero-order valence-electron chi connectivity index (χ0n) is 12.4. The molecule has 2 nitrogen and oxygen atoms in total. The van der Waals surface area contributed by atoms with Gasteiger partial charge in [0.25, 0.3) is 0 Å². The summed E-state index contributed by atoms with van der Waals surface area (Å²) < 4.78 is 0. The predicted octanol–water partition coefficient (Wildman–Crippen LogP) is 3.33. The van der Waals surface area contributed by atoms with Gasteiger partial charge in [-0.05, 0) is 42.9 Å². The summed E-state index contributed by atoms with van der Waals surface area (Å²) in [5, 5.41) is 10.9. The van der Waals surface area contributed by atoms with Crippen molar-refractivity contribution >= 4 is 0 Å². The van der Waals surface area contributed by atoms with Crippen molar-refractivity contribution in [2.45, 2.75) is 71.8 Å². The molecule has 0 aromatic heterocycles. The van der Waals surface area contributed by atoms with E-state index in [1.807, 2.05) is 0 Å². The largest absolute Gasteiger partial charge is 0.392 e. The summed E-state index contributed by atoms with van der Waals surface area (Å²) in [6.45, 7) is 7.45. The van der Waals surface area contributed by atoms with Crippen molar-refractivity contribution < 1.29 is 5.11 Å². The van der Waals surface area contributed by atoms with E-state index in [4.69, 9.17) is 5.73 Å². The van der Waals surface area contributed by atoms with Gasteiger partial charge in [0, 0.05) is 12.0 Å². The van der Waals surface area contributed by atoms with E-state index in [9.17, 15) is 5.11 Å². The minimum atomic E-state index is -0.223. The smallest absolute Gasteiger partial charge is 0.0662 e. The molecule has 2 aliphatic rings. The van der Waals surface area contributed by atoms with E-state index >= 15 is 0 Å². The lowest BCUT2D eigenvalue weighted by Crippen LogP contribution is -2.56. The van der Waals surface area contributed by atoms with Gasteiger partial charge in [-0.2, -0.15) is 0 Å². The molecule has 0 bridgehead atoms. The van der Waals surface area contributed by atoms with Gasteiger partial charge in [-0.3, -0.25) is 0 Å². The van der Waals surface area contributed by atoms with Crippen LogP contribution in [-0.2, 0) is 0 Å². The molecular weight excluding hydrogens is 222 g/mol. The fourth-order valence-electron chi connectivity index (χ4n) is 4.69. The summed E-state index contributed by atoms with van der Waals surface area (Å²) in [5.41, 5.74) is 6.20. The third-order valence-electron chi connectivity index (χ3n) is 5.88. The number of rotatable bonds is 2. The zero-order valence-corrected chi connectivity index (χ0v) is 12.4. The summed E-state index contributed by atoms with van der Waals surface area (Å²) in [4.78, 5) is 0. The zero-order chi connectivity index (χ0) is 13.4. The fourth-order valence-corrected chi connectivity index (χ4v) is 4.69. The van der Waals surface area contributed by atoms with Gasteiger partial charge < -0.3 is 10.8 Å². The van der Waals surface area contributed by atoms with Crippen molar-refractivity contribution in [1.82, 2.24) is 0 Å². The molecule has 2 fully saturated rings. The first-order chi connectivity index (χ1) is 8.42. The second kappa shape index (κ2) is 5.13. The maximum absolute atomic E-state index is 10.9. The van der Waals surface area contributed by atoms with Gasteiger partial charge in [0.2, 0.25) is 0 Å². The van der Waals surface area contributed by atoms with Crippen LogP contribution in [0.1, 0.15) is 65.7 Å². The molecule has 0 radical (unpaired) electrons. The van der Waals surface area contributed by atoms with E-state index in [0.717, 1.165) is 18.8 Å². The molecule has 2 saturated carbocycles. The highest BCUT2D eigenvalue weighted by molar-refractivity contribution is 5.03. The molecule has 4 unspecified atom stereocenters. The maximum atomic E-state index is 10.9. The van der Waals surface area contributed by atoms with Crippen molar-refractivity contribution in [3.8, 4) is 0 Å². The van der Waals surface area contributed by atoms with Crippen LogP contribution in [0.3, 0.4) is 0 Å². The Morgan fingerprint density at radius 3 is 2.50 bits per heavy atom. The molecule has 2 rings (SSSR count). The van der Waals surface area contributed by atoms with E-state index < -0.39 is 0 Å². The minimum absolute atomic E-state index is 0.00354. The summed E-state index contributed by atoms with van der Waals surface area (Å²) in [6.07, 6.45) is 8.49. The van der Waals surface area contributed by atoms with E-state index in [0.29, 0.717) is 12.5 Å². The second-order valence-electron chi connectivity index (χ2n) is 7.65. The Morgan fingerprint density at radius 1 is 1.17 bits per heavy atom. The molecule has 0 heterocycles. The number of hydrogen-bond acceptors (Lipinski definition) is 2. The number of aliphatic hydroxyl groups excluding tert-OH is 1.